The number of nitrogens with two attached hydrogens (primary N) is 2. The molecule has 0 saturated heterocycles. The Balaban J connectivity index is 4.31. The molecule has 0 bridgehead atoms. The fourth-order valence-electron chi connectivity index (χ4n) is 2.71. The number of nitrogens with one attached hydrogen (secondary N) is 2. The van der Waals surface area contributed by atoms with Gasteiger partial charge in [0.1, 0.15) is 0 Å². The molecular formula is C16H38N4. The van der Waals surface area contributed by atoms with E-state index in [2.05, 4.69) is 38.3 Å². The molecule has 0 heterocycles. The maximum Gasteiger partial charge on any atom is 0.0188 e. The second-order valence-corrected chi connectivity index (χ2v) is 6.19. The highest BCUT2D eigenvalue weighted by atomic mass is 15.0. The maximum atomic E-state index is 5.72. The molecule has 0 saturated carbocycles. The van der Waals surface area contributed by atoms with E-state index in [1.165, 1.54) is 0 Å². The standard InChI is InChI=1S/C16H38N4/c1-5-15(4,9-12-18)19-14-10-16(6-2,7-3)20-13-8-11-17/h19-20H,5-14,17-18H2,1-4H3. The first-order valence-corrected chi connectivity index (χ1v) is 8.41. The molecule has 0 aliphatic carbocycles. The van der Waals surface area contributed by atoms with E-state index in [0.29, 0.717) is 0 Å². The summed E-state index contributed by atoms with van der Waals surface area (Å²) in [5, 5.41) is 7.44. The van der Waals surface area contributed by atoms with Crippen molar-refractivity contribution in [3.63, 3.8) is 0 Å². The molecule has 0 rings (SSSR count). The molecule has 0 radical (unpaired) electrons. The van der Waals surface area contributed by atoms with Crippen LogP contribution in [0.15, 0.2) is 0 Å². The quantitative estimate of drug-likeness (QED) is 0.391. The van der Waals surface area contributed by atoms with Gasteiger partial charge in [0, 0.05) is 11.1 Å². The van der Waals surface area contributed by atoms with E-state index >= 15 is 0 Å². The van der Waals surface area contributed by atoms with Crippen molar-refractivity contribution in [1.82, 2.24) is 10.6 Å². The summed E-state index contributed by atoms with van der Waals surface area (Å²) in [6, 6.07) is 0. The Morgan fingerprint density at radius 2 is 1.45 bits per heavy atom. The summed E-state index contributed by atoms with van der Waals surface area (Å²) >= 11 is 0. The first-order valence-electron chi connectivity index (χ1n) is 8.41. The van der Waals surface area contributed by atoms with Gasteiger partial charge in [0.15, 0.2) is 0 Å². The highest BCUT2D eigenvalue weighted by molar-refractivity contribution is 4.89. The molecule has 122 valence electrons. The minimum absolute atomic E-state index is 0.180. The Hall–Kier alpha value is -0.160. The fraction of sp³-hybridized carbons (Fsp3) is 1.00. The van der Waals surface area contributed by atoms with E-state index in [1.807, 2.05) is 0 Å². The van der Waals surface area contributed by atoms with Gasteiger partial charge >= 0.3 is 0 Å². The summed E-state index contributed by atoms with van der Waals surface area (Å²) in [7, 11) is 0. The summed E-state index contributed by atoms with van der Waals surface area (Å²) in [5.41, 5.74) is 11.7. The molecule has 0 fully saturated rings. The summed E-state index contributed by atoms with van der Waals surface area (Å²) in [6.07, 6.45) is 6.69. The monoisotopic (exact) mass is 286 g/mol. The summed E-state index contributed by atoms with van der Waals surface area (Å²) in [5.74, 6) is 0. The largest absolute Gasteiger partial charge is 0.330 e. The van der Waals surface area contributed by atoms with Crippen molar-refractivity contribution < 1.29 is 0 Å². The Bertz CT molecular complexity index is 229. The molecule has 20 heavy (non-hydrogen) atoms. The van der Waals surface area contributed by atoms with Gasteiger partial charge in [0.25, 0.3) is 0 Å². The lowest BCUT2D eigenvalue weighted by Crippen LogP contribution is -2.50. The van der Waals surface area contributed by atoms with Crippen molar-refractivity contribution in [3.8, 4) is 0 Å². The number of rotatable bonds is 13. The van der Waals surface area contributed by atoms with Crippen molar-refractivity contribution in [2.45, 2.75) is 77.3 Å². The second-order valence-electron chi connectivity index (χ2n) is 6.19. The Morgan fingerprint density at radius 3 is 1.90 bits per heavy atom. The first kappa shape index (κ1) is 19.8. The van der Waals surface area contributed by atoms with Gasteiger partial charge in [-0.25, -0.2) is 0 Å². The van der Waals surface area contributed by atoms with Crippen molar-refractivity contribution in [1.29, 1.82) is 0 Å². The normalized spacial score (nSPS) is 15.3. The molecule has 4 heteroatoms. The molecule has 0 aromatic carbocycles. The molecule has 4 nitrogen and oxygen atoms in total. The molecule has 0 amide bonds. The van der Waals surface area contributed by atoms with Crippen LogP contribution in [0.4, 0.5) is 0 Å². The third-order valence-corrected chi connectivity index (χ3v) is 4.87. The topological polar surface area (TPSA) is 76.1 Å². The van der Waals surface area contributed by atoms with E-state index in [9.17, 15) is 0 Å². The van der Waals surface area contributed by atoms with Gasteiger partial charge in [-0.3, -0.25) is 0 Å². The SMILES string of the molecule is CCC(C)(CCN)NCCC(CC)(CC)NCCCN. The van der Waals surface area contributed by atoms with Gasteiger partial charge < -0.3 is 22.1 Å². The van der Waals surface area contributed by atoms with Crippen LogP contribution in [0.5, 0.6) is 0 Å². The zero-order valence-electron chi connectivity index (χ0n) is 14.2. The van der Waals surface area contributed by atoms with E-state index in [4.69, 9.17) is 11.5 Å². The van der Waals surface area contributed by atoms with Crippen LogP contribution in [0.25, 0.3) is 0 Å². The lowest BCUT2D eigenvalue weighted by atomic mass is 9.87. The zero-order valence-corrected chi connectivity index (χ0v) is 14.2. The average molecular weight is 287 g/mol. The van der Waals surface area contributed by atoms with Crippen molar-refractivity contribution in [2.24, 2.45) is 11.5 Å². The highest BCUT2D eigenvalue weighted by Gasteiger charge is 2.26. The number of hydrogen-bond donors (Lipinski definition) is 4. The van der Waals surface area contributed by atoms with Crippen molar-refractivity contribution in [2.75, 3.05) is 26.2 Å². The molecule has 6 N–H and O–H groups in total. The minimum atomic E-state index is 0.180. The predicted octanol–water partition coefficient (Wildman–Crippen LogP) is 1.98. The summed E-state index contributed by atoms with van der Waals surface area (Å²) < 4.78 is 0. The third-order valence-electron chi connectivity index (χ3n) is 4.87. The molecule has 1 unspecified atom stereocenters. The average Bonchev–Trinajstić information content (AvgIpc) is 2.46. The Labute approximate surface area is 126 Å². The van der Waals surface area contributed by atoms with Gasteiger partial charge in [-0.15, -0.1) is 0 Å². The van der Waals surface area contributed by atoms with Crippen LogP contribution in [-0.4, -0.2) is 37.3 Å². The van der Waals surface area contributed by atoms with E-state index in [1.54, 1.807) is 0 Å². The van der Waals surface area contributed by atoms with Crippen LogP contribution in [0.1, 0.15) is 66.2 Å². The molecule has 1 atom stereocenters. The molecule has 0 aliphatic heterocycles. The van der Waals surface area contributed by atoms with Crippen LogP contribution in [0.2, 0.25) is 0 Å². The fourth-order valence-corrected chi connectivity index (χ4v) is 2.71. The van der Waals surface area contributed by atoms with Crippen LogP contribution in [-0.2, 0) is 0 Å². The van der Waals surface area contributed by atoms with Gasteiger partial charge in [0.2, 0.25) is 0 Å². The van der Waals surface area contributed by atoms with Gasteiger partial charge in [-0.2, -0.15) is 0 Å². The third kappa shape index (κ3) is 7.02. The van der Waals surface area contributed by atoms with Crippen molar-refractivity contribution in [3.05, 3.63) is 0 Å². The molecule has 0 spiro atoms. The number of hydrogen-bond acceptors (Lipinski definition) is 4. The lowest BCUT2D eigenvalue weighted by molar-refractivity contribution is 0.249. The maximum absolute atomic E-state index is 5.72. The van der Waals surface area contributed by atoms with Gasteiger partial charge in [0.05, 0.1) is 0 Å². The van der Waals surface area contributed by atoms with Crippen LogP contribution in [0.3, 0.4) is 0 Å². The molecular weight excluding hydrogens is 248 g/mol. The summed E-state index contributed by atoms with van der Waals surface area (Å²) in [4.78, 5) is 0. The minimum Gasteiger partial charge on any atom is -0.330 e. The van der Waals surface area contributed by atoms with Crippen molar-refractivity contribution >= 4 is 0 Å². The van der Waals surface area contributed by atoms with Gasteiger partial charge in [-0.1, -0.05) is 20.8 Å². The lowest BCUT2D eigenvalue weighted by Gasteiger charge is -2.36. The highest BCUT2D eigenvalue weighted by Crippen LogP contribution is 2.21. The predicted molar refractivity (Wildman–Crippen MR) is 90.0 cm³/mol. The Kier molecular flexibility index (Phi) is 10.5. The van der Waals surface area contributed by atoms with E-state index in [-0.39, 0.29) is 11.1 Å². The second kappa shape index (κ2) is 10.6. The zero-order chi connectivity index (χ0) is 15.5. The van der Waals surface area contributed by atoms with E-state index < -0.39 is 0 Å². The molecule has 0 aromatic rings. The van der Waals surface area contributed by atoms with Crippen LogP contribution in [0, 0.1) is 0 Å². The van der Waals surface area contributed by atoms with Crippen LogP contribution < -0.4 is 22.1 Å². The van der Waals surface area contributed by atoms with Gasteiger partial charge in [-0.05, 0) is 71.6 Å². The first-order chi connectivity index (χ1) is 9.51. The van der Waals surface area contributed by atoms with E-state index in [0.717, 1.165) is 64.7 Å². The van der Waals surface area contributed by atoms with Crippen LogP contribution >= 0.6 is 0 Å². The molecule has 0 aliphatic rings. The Morgan fingerprint density at radius 1 is 0.800 bits per heavy atom. The summed E-state index contributed by atoms with van der Waals surface area (Å²) in [6.45, 7) is 12.6. The molecule has 0 aromatic heterocycles. The smallest absolute Gasteiger partial charge is 0.0188 e.